The number of ether oxygens (including phenoxy) is 1. The molecule has 1 aliphatic heterocycles. The van der Waals surface area contributed by atoms with Gasteiger partial charge in [0.2, 0.25) is 0 Å². The number of anilines is 1. The van der Waals surface area contributed by atoms with Crippen molar-refractivity contribution in [2.24, 2.45) is 5.73 Å². The number of hydrogen-bond acceptors (Lipinski definition) is 7. The van der Waals surface area contributed by atoms with Gasteiger partial charge in [0.25, 0.3) is 5.89 Å². The smallest absolute Gasteiger partial charge is 0.259 e. The maximum absolute atomic E-state index is 5.90. The van der Waals surface area contributed by atoms with Crippen LogP contribution in [0.2, 0.25) is 0 Å². The lowest BCUT2D eigenvalue weighted by molar-refractivity contribution is 0.174. The van der Waals surface area contributed by atoms with Crippen LogP contribution in [-0.2, 0) is 11.3 Å². The number of nitrogens with zero attached hydrogens (tertiary/aromatic N) is 4. The molecule has 7 heteroatoms. The van der Waals surface area contributed by atoms with Crippen LogP contribution in [0.15, 0.2) is 22.9 Å². The first-order valence-corrected chi connectivity index (χ1v) is 6.55. The molecular weight excluding hydrogens is 258 g/mol. The second kappa shape index (κ2) is 5.56. The van der Waals surface area contributed by atoms with E-state index in [0.717, 1.165) is 30.9 Å². The molecule has 0 aliphatic carbocycles. The highest BCUT2D eigenvalue weighted by Crippen LogP contribution is 2.21. The average molecular weight is 275 g/mol. The van der Waals surface area contributed by atoms with Gasteiger partial charge in [-0.1, -0.05) is 5.16 Å². The molecule has 3 rings (SSSR count). The van der Waals surface area contributed by atoms with Crippen molar-refractivity contribution in [2.75, 3.05) is 25.1 Å². The van der Waals surface area contributed by atoms with Gasteiger partial charge < -0.3 is 19.9 Å². The van der Waals surface area contributed by atoms with E-state index in [-0.39, 0.29) is 6.04 Å². The Bertz CT molecular complexity index is 568. The fraction of sp³-hybridized carbons (Fsp3) is 0.462. The van der Waals surface area contributed by atoms with Crippen molar-refractivity contribution in [3.05, 3.63) is 24.2 Å². The number of nitrogens with two attached hydrogens (primary N) is 1. The van der Waals surface area contributed by atoms with Crippen LogP contribution in [0.1, 0.15) is 12.2 Å². The van der Waals surface area contributed by atoms with Crippen molar-refractivity contribution < 1.29 is 9.26 Å². The molecule has 1 saturated heterocycles. The summed E-state index contributed by atoms with van der Waals surface area (Å²) in [5, 5.41) is 3.83. The molecule has 0 spiro atoms. The van der Waals surface area contributed by atoms with Crippen molar-refractivity contribution in [1.82, 2.24) is 15.1 Å². The van der Waals surface area contributed by atoms with Gasteiger partial charge in [0.1, 0.15) is 12.4 Å². The SMILES string of the molecule is COCc1noc(-c2ccc(N3CCC(N)C3)nc2)n1. The van der Waals surface area contributed by atoms with Crippen LogP contribution in [0.5, 0.6) is 0 Å². The molecule has 0 radical (unpaired) electrons. The molecule has 1 aliphatic rings. The monoisotopic (exact) mass is 275 g/mol. The zero-order valence-corrected chi connectivity index (χ0v) is 11.3. The summed E-state index contributed by atoms with van der Waals surface area (Å²) in [4.78, 5) is 10.9. The number of aromatic nitrogens is 3. The third-order valence-electron chi connectivity index (χ3n) is 3.29. The standard InChI is InChI=1S/C13H17N5O2/c1-19-8-11-16-13(20-17-11)9-2-3-12(15-6-9)18-5-4-10(14)7-18/h2-3,6,10H,4-5,7-8,14H2,1H3. The van der Waals surface area contributed by atoms with E-state index in [1.165, 1.54) is 0 Å². The normalized spacial score (nSPS) is 18.7. The summed E-state index contributed by atoms with van der Waals surface area (Å²) in [7, 11) is 1.59. The maximum atomic E-state index is 5.90. The van der Waals surface area contributed by atoms with Crippen LogP contribution in [0.3, 0.4) is 0 Å². The Hall–Kier alpha value is -1.99. The summed E-state index contributed by atoms with van der Waals surface area (Å²) in [6.07, 6.45) is 2.75. The molecule has 2 aromatic rings. The molecule has 3 heterocycles. The predicted octanol–water partition coefficient (Wildman–Crippen LogP) is 0.815. The van der Waals surface area contributed by atoms with Crippen LogP contribution >= 0.6 is 0 Å². The molecule has 1 fully saturated rings. The van der Waals surface area contributed by atoms with Gasteiger partial charge in [-0.3, -0.25) is 0 Å². The molecule has 20 heavy (non-hydrogen) atoms. The van der Waals surface area contributed by atoms with Crippen molar-refractivity contribution in [1.29, 1.82) is 0 Å². The molecule has 0 aromatic carbocycles. The van der Waals surface area contributed by atoms with Crippen molar-refractivity contribution in [3.63, 3.8) is 0 Å². The Kier molecular flexibility index (Phi) is 3.62. The van der Waals surface area contributed by atoms with E-state index in [1.807, 2.05) is 12.1 Å². The van der Waals surface area contributed by atoms with E-state index in [4.69, 9.17) is 15.0 Å². The average Bonchev–Trinajstić information content (AvgIpc) is 3.09. The van der Waals surface area contributed by atoms with E-state index in [0.29, 0.717) is 18.3 Å². The molecule has 7 nitrogen and oxygen atoms in total. The molecule has 2 aromatic heterocycles. The second-order valence-electron chi connectivity index (χ2n) is 4.85. The first kappa shape index (κ1) is 13.0. The minimum atomic E-state index is 0.240. The molecule has 106 valence electrons. The van der Waals surface area contributed by atoms with E-state index in [2.05, 4.69) is 20.0 Å². The summed E-state index contributed by atoms with van der Waals surface area (Å²) >= 11 is 0. The molecule has 2 N–H and O–H groups in total. The highest BCUT2D eigenvalue weighted by molar-refractivity contribution is 5.55. The van der Waals surface area contributed by atoms with E-state index in [9.17, 15) is 0 Å². The third kappa shape index (κ3) is 2.63. The molecule has 0 saturated carbocycles. The summed E-state index contributed by atoms with van der Waals surface area (Å²) in [6, 6.07) is 4.12. The van der Waals surface area contributed by atoms with Gasteiger partial charge in [0.05, 0.1) is 5.56 Å². The Morgan fingerprint density at radius 1 is 1.50 bits per heavy atom. The number of hydrogen-bond donors (Lipinski definition) is 1. The van der Waals surface area contributed by atoms with Gasteiger partial charge in [-0.15, -0.1) is 0 Å². The van der Waals surface area contributed by atoms with Crippen molar-refractivity contribution >= 4 is 5.82 Å². The fourth-order valence-electron chi connectivity index (χ4n) is 2.25. The number of rotatable bonds is 4. The Labute approximate surface area is 116 Å². The van der Waals surface area contributed by atoms with Gasteiger partial charge in [0.15, 0.2) is 5.82 Å². The number of pyridine rings is 1. The van der Waals surface area contributed by atoms with Crippen LogP contribution < -0.4 is 10.6 Å². The molecule has 0 amide bonds. The quantitative estimate of drug-likeness (QED) is 0.883. The Morgan fingerprint density at radius 2 is 2.40 bits per heavy atom. The second-order valence-corrected chi connectivity index (χ2v) is 4.85. The van der Waals surface area contributed by atoms with Gasteiger partial charge in [-0.25, -0.2) is 4.98 Å². The first-order valence-electron chi connectivity index (χ1n) is 6.55. The van der Waals surface area contributed by atoms with Gasteiger partial charge in [0, 0.05) is 32.4 Å². The lowest BCUT2D eigenvalue weighted by atomic mass is 10.3. The Morgan fingerprint density at radius 3 is 3.05 bits per heavy atom. The first-order chi connectivity index (χ1) is 9.76. The molecule has 0 bridgehead atoms. The largest absolute Gasteiger partial charge is 0.377 e. The highest BCUT2D eigenvalue weighted by atomic mass is 16.5. The predicted molar refractivity (Wildman–Crippen MR) is 73.0 cm³/mol. The molecule has 1 atom stereocenters. The summed E-state index contributed by atoms with van der Waals surface area (Å²) < 4.78 is 10.1. The van der Waals surface area contributed by atoms with Crippen LogP contribution in [0, 0.1) is 0 Å². The summed E-state index contributed by atoms with van der Waals surface area (Å²) in [6.45, 7) is 2.14. The Balaban J connectivity index is 1.75. The molecular formula is C13H17N5O2. The highest BCUT2D eigenvalue weighted by Gasteiger charge is 2.20. The van der Waals surface area contributed by atoms with Gasteiger partial charge >= 0.3 is 0 Å². The zero-order chi connectivity index (χ0) is 13.9. The van der Waals surface area contributed by atoms with Crippen LogP contribution in [0.25, 0.3) is 11.5 Å². The van der Waals surface area contributed by atoms with E-state index < -0.39 is 0 Å². The van der Waals surface area contributed by atoms with Crippen molar-refractivity contribution in [2.45, 2.75) is 19.1 Å². The van der Waals surface area contributed by atoms with Gasteiger partial charge in [-0.05, 0) is 18.6 Å². The third-order valence-corrected chi connectivity index (χ3v) is 3.29. The van der Waals surface area contributed by atoms with Gasteiger partial charge in [-0.2, -0.15) is 4.98 Å². The lowest BCUT2D eigenvalue weighted by Gasteiger charge is -2.16. The number of methoxy groups -OCH3 is 1. The molecule has 1 unspecified atom stereocenters. The zero-order valence-electron chi connectivity index (χ0n) is 11.3. The topological polar surface area (TPSA) is 90.3 Å². The minimum absolute atomic E-state index is 0.240. The van der Waals surface area contributed by atoms with Crippen LogP contribution in [-0.4, -0.2) is 41.4 Å². The van der Waals surface area contributed by atoms with E-state index >= 15 is 0 Å². The minimum Gasteiger partial charge on any atom is -0.377 e. The lowest BCUT2D eigenvalue weighted by Crippen LogP contribution is -2.26. The summed E-state index contributed by atoms with van der Waals surface area (Å²) in [5.74, 6) is 1.91. The maximum Gasteiger partial charge on any atom is 0.259 e. The van der Waals surface area contributed by atoms with Crippen molar-refractivity contribution in [3.8, 4) is 11.5 Å². The van der Waals surface area contributed by atoms with Crippen LogP contribution in [0.4, 0.5) is 5.82 Å². The fourth-order valence-corrected chi connectivity index (χ4v) is 2.25. The van der Waals surface area contributed by atoms with E-state index in [1.54, 1.807) is 13.3 Å². The summed E-state index contributed by atoms with van der Waals surface area (Å²) in [5.41, 5.74) is 6.70.